The van der Waals surface area contributed by atoms with E-state index in [9.17, 15) is 10.1 Å². The predicted octanol–water partition coefficient (Wildman–Crippen LogP) is 1.03. The van der Waals surface area contributed by atoms with Gasteiger partial charge in [-0.1, -0.05) is 6.42 Å². The van der Waals surface area contributed by atoms with E-state index < -0.39 is 4.92 Å². The van der Waals surface area contributed by atoms with Crippen LogP contribution in [0, 0.1) is 10.1 Å². The summed E-state index contributed by atoms with van der Waals surface area (Å²) < 4.78 is 0. The highest BCUT2D eigenvalue weighted by molar-refractivity contribution is 5.68. The van der Waals surface area contributed by atoms with E-state index in [2.05, 4.69) is 14.9 Å². The molecule has 8 heteroatoms. The molecule has 3 heterocycles. The van der Waals surface area contributed by atoms with Gasteiger partial charge in [-0.25, -0.2) is 9.97 Å². The first-order chi connectivity index (χ1) is 10.2. The van der Waals surface area contributed by atoms with Gasteiger partial charge in [0.1, 0.15) is 6.33 Å². The van der Waals surface area contributed by atoms with E-state index in [0.29, 0.717) is 11.9 Å². The van der Waals surface area contributed by atoms with Gasteiger partial charge in [0, 0.05) is 19.1 Å². The van der Waals surface area contributed by atoms with E-state index in [1.807, 2.05) is 4.90 Å². The first-order valence-electron chi connectivity index (χ1n) is 7.40. The molecule has 0 aliphatic carbocycles. The topological polar surface area (TPSA) is 101 Å². The van der Waals surface area contributed by atoms with Crippen LogP contribution >= 0.6 is 0 Å². The highest BCUT2D eigenvalue weighted by Gasteiger charge is 2.33. The second-order valence-electron chi connectivity index (χ2n) is 5.67. The molecule has 3 rings (SSSR count). The Morgan fingerprint density at radius 1 is 1.24 bits per heavy atom. The Kier molecular flexibility index (Phi) is 3.87. The fraction of sp³-hybridized carbons (Fsp3) is 0.692. The highest BCUT2D eigenvalue weighted by Crippen LogP contribution is 2.33. The molecular formula is C13H20N6O2. The van der Waals surface area contributed by atoms with Gasteiger partial charge in [-0.15, -0.1) is 0 Å². The van der Waals surface area contributed by atoms with Crippen LogP contribution in [0.4, 0.5) is 17.3 Å². The molecule has 0 spiro atoms. The van der Waals surface area contributed by atoms with Gasteiger partial charge in [0.25, 0.3) is 0 Å². The Balaban J connectivity index is 1.77. The number of piperidine rings is 1. The van der Waals surface area contributed by atoms with Crippen LogP contribution in [0.5, 0.6) is 0 Å². The van der Waals surface area contributed by atoms with Crippen molar-refractivity contribution in [3.63, 3.8) is 0 Å². The molecule has 1 aromatic heterocycles. The zero-order chi connectivity index (χ0) is 14.8. The van der Waals surface area contributed by atoms with Crippen LogP contribution < -0.4 is 10.6 Å². The number of nitro groups is 1. The number of anilines is 2. The average molecular weight is 292 g/mol. The molecule has 8 nitrogen and oxygen atoms in total. The van der Waals surface area contributed by atoms with Crippen LogP contribution in [-0.4, -0.2) is 52.0 Å². The monoisotopic (exact) mass is 292 g/mol. The summed E-state index contributed by atoms with van der Waals surface area (Å²) >= 11 is 0. The lowest BCUT2D eigenvalue weighted by atomic mass is 10.1. The smallest absolute Gasteiger partial charge is 0.353 e. The summed E-state index contributed by atoms with van der Waals surface area (Å²) in [6.07, 6.45) is 6.11. The molecule has 0 aromatic carbocycles. The molecule has 1 atom stereocenters. The first-order valence-corrected chi connectivity index (χ1v) is 7.40. The number of aromatic nitrogens is 2. The lowest BCUT2D eigenvalue weighted by Crippen LogP contribution is -2.41. The summed E-state index contributed by atoms with van der Waals surface area (Å²) in [6.45, 7) is 3.81. The van der Waals surface area contributed by atoms with Gasteiger partial charge >= 0.3 is 5.69 Å². The van der Waals surface area contributed by atoms with E-state index in [-0.39, 0.29) is 11.5 Å². The molecule has 2 aliphatic rings. The van der Waals surface area contributed by atoms with Crippen molar-refractivity contribution in [2.45, 2.75) is 31.7 Å². The number of nitrogens with two attached hydrogens (primary N) is 1. The number of nitrogens with zero attached hydrogens (tertiary/aromatic N) is 5. The SMILES string of the molecule is Nc1ncnc(N2CCC(N3CCCCC3)C2)c1[N+](=O)[O-]. The summed E-state index contributed by atoms with van der Waals surface area (Å²) in [5.74, 6) is 0.290. The number of rotatable bonds is 3. The summed E-state index contributed by atoms with van der Waals surface area (Å²) in [4.78, 5) is 23.0. The normalized spacial score (nSPS) is 23.4. The third-order valence-electron chi connectivity index (χ3n) is 4.38. The molecule has 2 fully saturated rings. The fourth-order valence-electron chi connectivity index (χ4n) is 3.30. The van der Waals surface area contributed by atoms with Gasteiger partial charge in [0.05, 0.1) is 4.92 Å². The Labute approximate surface area is 123 Å². The van der Waals surface area contributed by atoms with Crippen LogP contribution in [0.3, 0.4) is 0 Å². The van der Waals surface area contributed by atoms with Crippen molar-refractivity contribution < 1.29 is 4.92 Å². The van der Waals surface area contributed by atoms with Crippen LogP contribution in [0.2, 0.25) is 0 Å². The maximum absolute atomic E-state index is 11.2. The second kappa shape index (κ2) is 5.80. The van der Waals surface area contributed by atoms with Gasteiger partial charge < -0.3 is 10.6 Å². The molecular weight excluding hydrogens is 272 g/mol. The summed E-state index contributed by atoms with van der Waals surface area (Å²) in [6, 6.07) is 0.459. The molecule has 0 bridgehead atoms. The third kappa shape index (κ3) is 2.76. The molecule has 114 valence electrons. The highest BCUT2D eigenvalue weighted by atomic mass is 16.6. The van der Waals surface area contributed by atoms with Crippen molar-refractivity contribution in [1.29, 1.82) is 0 Å². The molecule has 21 heavy (non-hydrogen) atoms. The quantitative estimate of drug-likeness (QED) is 0.655. The summed E-state index contributed by atoms with van der Waals surface area (Å²) in [5.41, 5.74) is 5.47. The Bertz CT molecular complexity index is 531. The molecule has 0 radical (unpaired) electrons. The Morgan fingerprint density at radius 2 is 2.00 bits per heavy atom. The van der Waals surface area contributed by atoms with E-state index in [1.54, 1.807) is 0 Å². The molecule has 2 N–H and O–H groups in total. The number of hydrogen-bond donors (Lipinski definition) is 1. The molecule has 0 saturated carbocycles. The van der Waals surface area contributed by atoms with Crippen LogP contribution in [0.1, 0.15) is 25.7 Å². The van der Waals surface area contributed by atoms with Gasteiger partial charge in [-0.05, 0) is 32.4 Å². The fourth-order valence-corrected chi connectivity index (χ4v) is 3.30. The third-order valence-corrected chi connectivity index (χ3v) is 4.38. The minimum absolute atomic E-state index is 0.0635. The van der Waals surface area contributed by atoms with Gasteiger partial charge in [0.15, 0.2) is 0 Å². The zero-order valence-corrected chi connectivity index (χ0v) is 11.9. The van der Waals surface area contributed by atoms with Crippen molar-refractivity contribution in [2.24, 2.45) is 0 Å². The minimum Gasteiger partial charge on any atom is -0.378 e. The van der Waals surface area contributed by atoms with E-state index >= 15 is 0 Å². The van der Waals surface area contributed by atoms with Crippen molar-refractivity contribution in [1.82, 2.24) is 14.9 Å². The lowest BCUT2D eigenvalue weighted by Gasteiger charge is -2.32. The maximum Gasteiger partial charge on any atom is 0.353 e. The average Bonchev–Trinajstić information content (AvgIpc) is 2.97. The van der Waals surface area contributed by atoms with E-state index in [1.165, 1.54) is 25.6 Å². The van der Waals surface area contributed by atoms with Crippen LogP contribution in [-0.2, 0) is 0 Å². The summed E-state index contributed by atoms with van der Waals surface area (Å²) in [7, 11) is 0. The first kappa shape index (κ1) is 14.0. The Morgan fingerprint density at radius 3 is 2.71 bits per heavy atom. The van der Waals surface area contributed by atoms with Gasteiger partial charge in [-0.2, -0.15) is 0 Å². The number of hydrogen-bond acceptors (Lipinski definition) is 7. The maximum atomic E-state index is 11.2. The molecule has 1 aromatic rings. The van der Waals surface area contributed by atoms with Crippen molar-refractivity contribution in [2.75, 3.05) is 36.8 Å². The summed E-state index contributed by atoms with van der Waals surface area (Å²) in [5, 5.41) is 11.2. The van der Waals surface area contributed by atoms with Crippen molar-refractivity contribution in [3.8, 4) is 0 Å². The van der Waals surface area contributed by atoms with Crippen molar-refractivity contribution in [3.05, 3.63) is 16.4 Å². The second-order valence-corrected chi connectivity index (χ2v) is 5.67. The zero-order valence-electron chi connectivity index (χ0n) is 11.9. The predicted molar refractivity (Wildman–Crippen MR) is 79.1 cm³/mol. The largest absolute Gasteiger partial charge is 0.378 e. The molecule has 2 saturated heterocycles. The van der Waals surface area contributed by atoms with E-state index in [4.69, 9.17) is 5.73 Å². The van der Waals surface area contributed by atoms with Gasteiger partial charge in [-0.3, -0.25) is 15.0 Å². The molecule has 0 amide bonds. The van der Waals surface area contributed by atoms with Crippen molar-refractivity contribution >= 4 is 17.3 Å². The number of likely N-dealkylation sites (tertiary alicyclic amines) is 1. The van der Waals surface area contributed by atoms with E-state index in [0.717, 1.165) is 32.6 Å². The lowest BCUT2D eigenvalue weighted by molar-refractivity contribution is -0.383. The minimum atomic E-state index is -0.487. The standard InChI is InChI=1S/C13H20N6O2/c14-12-11(19(20)21)13(16-9-15-12)18-7-4-10(8-18)17-5-2-1-3-6-17/h9-10H,1-8H2,(H2,14,15,16). The van der Waals surface area contributed by atoms with Crippen LogP contribution in [0.25, 0.3) is 0 Å². The Hall–Kier alpha value is -1.96. The molecule has 2 aliphatic heterocycles. The molecule has 1 unspecified atom stereocenters. The van der Waals surface area contributed by atoms with Gasteiger partial charge in [0.2, 0.25) is 11.6 Å². The number of nitrogen functional groups attached to an aromatic ring is 1. The van der Waals surface area contributed by atoms with Crippen LogP contribution in [0.15, 0.2) is 6.33 Å².